The topological polar surface area (TPSA) is 76.7 Å². The maximum Gasteiger partial charge on any atom is 0.278 e. The Labute approximate surface area is 146 Å². The van der Waals surface area contributed by atoms with Crippen LogP contribution in [0.15, 0.2) is 48.5 Å². The SMILES string of the molecule is CCOc1ccc(CNC(=O)C2(C)Oc3ccccc3NC2=O)cc1. The fourth-order valence-corrected chi connectivity index (χ4v) is 2.54. The number of ether oxygens (including phenoxy) is 2. The van der Waals surface area contributed by atoms with Crippen LogP contribution in [0.2, 0.25) is 0 Å². The number of benzene rings is 2. The fourth-order valence-electron chi connectivity index (χ4n) is 2.54. The van der Waals surface area contributed by atoms with Gasteiger partial charge in [0, 0.05) is 6.54 Å². The molecule has 6 nitrogen and oxygen atoms in total. The number of amides is 2. The lowest BCUT2D eigenvalue weighted by Gasteiger charge is -2.33. The maximum absolute atomic E-state index is 12.6. The molecule has 0 radical (unpaired) electrons. The molecule has 2 aromatic carbocycles. The minimum absolute atomic E-state index is 0.291. The first-order valence-electron chi connectivity index (χ1n) is 8.12. The van der Waals surface area contributed by atoms with E-state index in [4.69, 9.17) is 9.47 Å². The molecule has 25 heavy (non-hydrogen) atoms. The molecule has 6 heteroatoms. The summed E-state index contributed by atoms with van der Waals surface area (Å²) in [7, 11) is 0. The Kier molecular flexibility index (Phi) is 4.61. The summed E-state index contributed by atoms with van der Waals surface area (Å²) in [4.78, 5) is 24.9. The number of carbonyl (C=O) groups is 2. The number of hydrogen-bond acceptors (Lipinski definition) is 4. The van der Waals surface area contributed by atoms with Gasteiger partial charge in [-0.3, -0.25) is 9.59 Å². The number of anilines is 1. The summed E-state index contributed by atoms with van der Waals surface area (Å²) in [5.74, 6) is 0.265. The second-order valence-electron chi connectivity index (χ2n) is 5.85. The van der Waals surface area contributed by atoms with Crippen molar-refractivity contribution in [3.63, 3.8) is 0 Å². The van der Waals surface area contributed by atoms with Crippen molar-refractivity contribution < 1.29 is 19.1 Å². The molecule has 2 N–H and O–H groups in total. The molecule has 1 atom stereocenters. The Morgan fingerprint density at radius 2 is 1.92 bits per heavy atom. The van der Waals surface area contributed by atoms with Crippen molar-refractivity contribution in [2.45, 2.75) is 26.0 Å². The van der Waals surface area contributed by atoms with E-state index in [9.17, 15) is 9.59 Å². The number of nitrogens with one attached hydrogen (secondary N) is 2. The van der Waals surface area contributed by atoms with Crippen molar-refractivity contribution in [3.05, 3.63) is 54.1 Å². The number of rotatable bonds is 5. The molecular formula is C19H20N2O4. The molecule has 0 bridgehead atoms. The van der Waals surface area contributed by atoms with E-state index in [0.717, 1.165) is 11.3 Å². The highest BCUT2D eigenvalue weighted by Gasteiger charge is 2.47. The van der Waals surface area contributed by atoms with Crippen LogP contribution in [0.1, 0.15) is 19.4 Å². The van der Waals surface area contributed by atoms with Crippen molar-refractivity contribution >= 4 is 17.5 Å². The maximum atomic E-state index is 12.6. The molecule has 0 aliphatic carbocycles. The molecule has 2 aromatic rings. The van der Waals surface area contributed by atoms with Gasteiger partial charge in [-0.15, -0.1) is 0 Å². The predicted molar refractivity (Wildman–Crippen MR) is 93.6 cm³/mol. The van der Waals surface area contributed by atoms with Crippen LogP contribution in [-0.4, -0.2) is 24.0 Å². The van der Waals surface area contributed by atoms with Crippen LogP contribution in [0.3, 0.4) is 0 Å². The number of carbonyl (C=O) groups excluding carboxylic acids is 2. The van der Waals surface area contributed by atoms with Crippen LogP contribution < -0.4 is 20.1 Å². The summed E-state index contributed by atoms with van der Waals surface area (Å²) < 4.78 is 11.1. The Morgan fingerprint density at radius 1 is 1.20 bits per heavy atom. The molecule has 0 aromatic heterocycles. The second kappa shape index (κ2) is 6.84. The van der Waals surface area contributed by atoms with E-state index in [1.807, 2.05) is 31.2 Å². The molecule has 130 valence electrons. The molecule has 2 amide bonds. The van der Waals surface area contributed by atoms with Crippen molar-refractivity contribution in [3.8, 4) is 11.5 Å². The van der Waals surface area contributed by atoms with Crippen molar-refractivity contribution in [2.75, 3.05) is 11.9 Å². The highest BCUT2D eigenvalue weighted by atomic mass is 16.5. The van der Waals surface area contributed by atoms with Crippen molar-refractivity contribution in [2.24, 2.45) is 0 Å². The third kappa shape index (κ3) is 3.42. The van der Waals surface area contributed by atoms with Crippen LogP contribution in [0, 0.1) is 0 Å². The summed E-state index contributed by atoms with van der Waals surface area (Å²) in [6.07, 6.45) is 0. The lowest BCUT2D eigenvalue weighted by molar-refractivity contribution is -0.146. The average Bonchev–Trinajstić information content (AvgIpc) is 2.62. The van der Waals surface area contributed by atoms with Crippen LogP contribution in [-0.2, 0) is 16.1 Å². The first-order chi connectivity index (χ1) is 12.0. The third-order valence-corrected chi connectivity index (χ3v) is 4.00. The Bertz CT molecular complexity index is 788. The van der Waals surface area contributed by atoms with Crippen molar-refractivity contribution in [1.82, 2.24) is 5.32 Å². The molecule has 0 fully saturated rings. The smallest absolute Gasteiger partial charge is 0.278 e. The zero-order chi connectivity index (χ0) is 17.9. The van der Waals surface area contributed by atoms with Crippen LogP contribution in [0.4, 0.5) is 5.69 Å². The van der Waals surface area contributed by atoms with Gasteiger partial charge in [-0.05, 0) is 43.7 Å². The molecule has 1 unspecified atom stereocenters. The van der Waals surface area contributed by atoms with Gasteiger partial charge in [-0.2, -0.15) is 0 Å². The third-order valence-electron chi connectivity index (χ3n) is 4.00. The fraction of sp³-hybridized carbons (Fsp3) is 0.263. The van der Waals surface area contributed by atoms with E-state index >= 15 is 0 Å². The molecule has 1 heterocycles. The molecule has 1 aliphatic heterocycles. The van der Waals surface area contributed by atoms with Gasteiger partial charge >= 0.3 is 0 Å². The lowest BCUT2D eigenvalue weighted by Crippen LogP contribution is -2.58. The lowest BCUT2D eigenvalue weighted by atomic mass is 10.0. The standard InChI is InChI=1S/C19H20N2O4/c1-3-24-14-10-8-13(9-11-14)12-20-17(22)19(2)18(23)21-15-6-4-5-7-16(15)25-19/h4-11H,3,12H2,1-2H3,(H,20,22)(H,21,23). The van der Waals surface area contributed by atoms with Gasteiger partial charge in [0.25, 0.3) is 17.4 Å². The van der Waals surface area contributed by atoms with Gasteiger partial charge in [0.1, 0.15) is 11.5 Å². The van der Waals surface area contributed by atoms with E-state index in [-0.39, 0.29) is 0 Å². The largest absolute Gasteiger partial charge is 0.494 e. The second-order valence-corrected chi connectivity index (χ2v) is 5.85. The van der Waals surface area contributed by atoms with E-state index in [0.29, 0.717) is 24.6 Å². The number of para-hydroxylation sites is 2. The zero-order valence-corrected chi connectivity index (χ0v) is 14.2. The van der Waals surface area contributed by atoms with Crippen LogP contribution >= 0.6 is 0 Å². The van der Waals surface area contributed by atoms with E-state index in [2.05, 4.69) is 10.6 Å². The highest BCUT2D eigenvalue weighted by molar-refractivity contribution is 6.15. The predicted octanol–water partition coefficient (Wildman–Crippen LogP) is 2.49. The van der Waals surface area contributed by atoms with Crippen molar-refractivity contribution in [1.29, 1.82) is 0 Å². The molecule has 3 rings (SSSR count). The summed E-state index contributed by atoms with van der Waals surface area (Å²) in [5.41, 5.74) is -0.152. The molecule has 0 saturated carbocycles. The monoisotopic (exact) mass is 340 g/mol. The summed E-state index contributed by atoms with van der Waals surface area (Å²) in [6, 6.07) is 14.4. The normalized spacial score (nSPS) is 18.6. The van der Waals surface area contributed by atoms with Gasteiger partial charge in [0.05, 0.1) is 12.3 Å². The highest BCUT2D eigenvalue weighted by Crippen LogP contribution is 2.33. The Morgan fingerprint density at radius 3 is 2.64 bits per heavy atom. The molecular weight excluding hydrogens is 320 g/mol. The summed E-state index contributed by atoms with van der Waals surface area (Å²) in [5, 5.41) is 5.47. The molecule has 0 spiro atoms. The summed E-state index contributed by atoms with van der Waals surface area (Å²) >= 11 is 0. The number of hydrogen-bond donors (Lipinski definition) is 2. The quantitative estimate of drug-likeness (QED) is 0.820. The van der Waals surface area contributed by atoms with E-state index in [1.165, 1.54) is 6.92 Å². The van der Waals surface area contributed by atoms with Crippen LogP contribution in [0.5, 0.6) is 11.5 Å². The first kappa shape index (κ1) is 16.8. The van der Waals surface area contributed by atoms with E-state index < -0.39 is 17.4 Å². The Hall–Kier alpha value is -3.02. The molecule has 0 saturated heterocycles. The van der Waals surface area contributed by atoms with Gasteiger partial charge in [0.15, 0.2) is 0 Å². The minimum atomic E-state index is -1.61. The van der Waals surface area contributed by atoms with Gasteiger partial charge < -0.3 is 20.1 Å². The zero-order valence-electron chi connectivity index (χ0n) is 14.2. The van der Waals surface area contributed by atoms with Crippen LogP contribution in [0.25, 0.3) is 0 Å². The average molecular weight is 340 g/mol. The first-order valence-corrected chi connectivity index (χ1v) is 8.12. The van der Waals surface area contributed by atoms with Gasteiger partial charge in [-0.25, -0.2) is 0 Å². The number of fused-ring (bicyclic) bond motifs is 1. The summed E-state index contributed by atoms with van der Waals surface area (Å²) in [6.45, 7) is 4.27. The van der Waals surface area contributed by atoms with Gasteiger partial charge in [-0.1, -0.05) is 24.3 Å². The minimum Gasteiger partial charge on any atom is -0.494 e. The Balaban J connectivity index is 1.67. The van der Waals surface area contributed by atoms with Gasteiger partial charge in [0.2, 0.25) is 0 Å². The van der Waals surface area contributed by atoms with E-state index in [1.54, 1.807) is 24.3 Å². The molecule has 1 aliphatic rings.